The van der Waals surface area contributed by atoms with E-state index >= 15 is 0 Å². The van der Waals surface area contributed by atoms with Crippen LogP contribution in [0.25, 0.3) is 0 Å². The fraction of sp³-hybridized carbons (Fsp3) is 0.400. The van der Waals surface area contributed by atoms with E-state index in [2.05, 4.69) is 11.9 Å². The third kappa shape index (κ3) is 5.45. The first-order valence-corrected chi connectivity index (χ1v) is 4.16. The molecule has 14 heavy (non-hydrogen) atoms. The van der Waals surface area contributed by atoms with Crippen molar-refractivity contribution in [3.8, 4) is 0 Å². The molecule has 0 aromatic rings. The number of alkyl halides is 3. The Morgan fingerprint density at radius 2 is 2.00 bits per heavy atom. The molecule has 0 bridgehead atoms. The molecule has 0 aliphatic carbocycles. The van der Waals surface area contributed by atoms with Gasteiger partial charge in [0.25, 0.3) is 0 Å². The highest BCUT2D eigenvalue weighted by Gasteiger charge is 2.27. The topological polar surface area (TPSA) is 12.0 Å². The molecule has 0 spiro atoms. The Morgan fingerprint density at radius 3 is 2.29 bits per heavy atom. The lowest BCUT2D eigenvalue weighted by molar-refractivity contribution is -0.126. The van der Waals surface area contributed by atoms with Crippen LogP contribution in [0.3, 0.4) is 0 Å². The summed E-state index contributed by atoms with van der Waals surface area (Å²) in [5.41, 5.74) is 0.795. The van der Waals surface area contributed by atoms with Crippen LogP contribution < -0.4 is 5.32 Å². The van der Waals surface area contributed by atoms with E-state index in [4.69, 9.17) is 0 Å². The zero-order valence-corrected chi connectivity index (χ0v) is 8.28. The Labute approximate surface area is 82.0 Å². The molecule has 1 N–H and O–H groups in total. The Morgan fingerprint density at radius 1 is 1.43 bits per heavy atom. The Bertz CT molecular complexity index is 249. The fourth-order valence-corrected chi connectivity index (χ4v) is 0.913. The van der Waals surface area contributed by atoms with Crippen molar-refractivity contribution in [2.45, 2.75) is 19.5 Å². The zero-order valence-electron chi connectivity index (χ0n) is 8.28. The maximum absolute atomic E-state index is 12.0. The molecule has 0 radical (unpaired) electrons. The molecule has 4 heteroatoms. The summed E-state index contributed by atoms with van der Waals surface area (Å²) < 4.78 is 36.1. The van der Waals surface area contributed by atoms with Crippen LogP contribution in [0.4, 0.5) is 13.2 Å². The smallest absolute Gasteiger partial charge is 0.388 e. The van der Waals surface area contributed by atoms with Gasteiger partial charge < -0.3 is 5.32 Å². The summed E-state index contributed by atoms with van der Waals surface area (Å²) in [6, 6.07) is 0. The minimum Gasteiger partial charge on any atom is -0.388 e. The second-order valence-corrected chi connectivity index (χ2v) is 2.71. The Hall–Kier alpha value is -1.19. The minimum absolute atomic E-state index is 0.153. The molecule has 80 valence electrons. The van der Waals surface area contributed by atoms with Gasteiger partial charge in [-0.25, -0.2) is 0 Å². The summed E-state index contributed by atoms with van der Waals surface area (Å²) in [6.45, 7) is 5.09. The summed E-state index contributed by atoms with van der Waals surface area (Å²) in [4.78, 5) is 0. The first kappa shape index (κ1) is 12.8. The Kier molecular flexibility index (Phi) is 5.05. The van der Waals surface area contributed by atoms with Crippen LogP contribution in [0.5, 0.6) is 0 Å². The molecular formula is C10H14F3N. The van der Waals surface area contributed by atoms with Gasteiger partial charge in [0, 0.05) is 12.7 Å². The standard InChI is InChI=1S/C10H14F3N/c1-4-8(7-10(11,12)13)6-9(5-2)14-3/h4-6,14H,1,7H2,2-3H3/b8-6+,9-5+. The van der Waals surface area contributed by atoms with Gasteiger partial charge in [0.05, 0.1) is 6.42 Å². The third-order valence-corrected chi connectivity index (χ3v) is 1.61. The molecule has 0 aromatic heterocycles. The number of rotatable bonds is 4. The van der Waals surface area contributed by atoms with Gasteiger partial charge in [-0.05, 0) is 18.6 Å². The highest BCUT2D eigenvalue weighted by Crippen LogP contribution is 2.25. The average Bonchev–Trinajstić information content (AvgIpc) is 2.10. The van der Waals surface area contributed by atoms with E-state index in [0.717, 1.165) is 0 Å². The largest absolute Gasteiger partial charge is 0.393 e. The lowest BCUT2D eigenvalue weighted by atomic mass is 10.1. The van der Waals surface area contributed by atoms with Crippen LogP contribution in [-0.2, 0) is 0 Å². The van der Waals surface area contributed by atoms with Crippen molar-refractivity contribution in [1.82, 2.24) is 5.32 Å². The predicted molar refractivity (Wildman–Crippen MR) is 51.8 cm³/mol. The van der Waals surface area contributed by atoms with Gasteiger partial charge in [-0.1, -0.05) is 18.7 Å². The predicted octanol–water partition coefficient (Wildman–Crippen LogP) is 3.17. The lowest BCUT2D eigenvalue weighted by Gasteiger charge is -2.08. The summed E-state index contributed by atoms with van der Waals surface area (Å²) in [7, 11) is 1.65. The monoisotopic (exact) mass is 205 g/mol. The summed E-state index contributed by atoms with van der Waals surface area (Å²) in [6.07, 6.45) is -0.795. The van der Waals surface area contributed by atoms with Crippen molar-refractivity contribution in [1.29, 1.82) is 0 Å². The van der Waals surface area contributed by atoms with E-state index in [1.807, 2.05) is 0 Å². The normalized spacial score (nSPS) is 14.1. The summed E-state index contributed by atoms with van der Waals surface area (Å²) in [5, 5.41) is 2.77. The number of halogens is 3. The van der Waals surface area contributed by atoms with Crippen molar-refractivity contribution < 1.29 is 13.2 Å². The molecule has 0 fully saturated rings. The molecule has 0 heterocycles. The molecule has 0 amide bonds. The highest BCUT2D eigenvalue weighted by atomic mass is 19.4. The maximum Gasteiger partial charge on any atom is 0.393 e. The van der Waals surface area contributed by atoms with Gasteiger partial charge in [-0.2, -0.15) is 13.2 Å². The van der Waals surface area contributed by atoms with Crippen LogP contribution in [-0.4, -0.2) is 13.2 Å². The van der Waals surface area contributed by atoms with Crippen LogP contribution in [0.2, 0.25) is 0 Å². The van der Waals surface area contributed by atoms with Crippen molar-refractivity contribution in [3.63, 3.8) is 0 Å². The van der Waals surface area contributed by atoms with Gasteiger partial charge in [0.15, 0.2) is 0 Å². The lowest BCUT2D eigenvalue weighted by Crippen LogP contribution is -2.09. The molecule has 0 atom stereocenters. The van der Waals surface area contributed by atoms with Crippen molar-refractivity contribution >= 4 is 0 Å². The van der Waals surface area contributed by atoms with Gasteiger partial charge >= 0.3 is 6.18 Å². The zero-order chi connectivity index (χ0) is 11.2. The number of hydrogen-bond acceptors (Lipinski definition) is 1. The molecule has 0 aromatic carbocycles. The van der Waals surface area contributed by atoms with Crippen molar-refractivity contribution in [2.75, 3.05) is 7.05 Å². The molecular weight excluding hydrogens is 191 g/mol. The van der Waals surface area contributed by atoms with E-state index in [1.165, 1.54) is 12.2 Å². The van der Waals surface area contributed by atoms with E-state index in [-0.39, 0.29) is 5.57 Å². The minimum atomic E-state index is -4.19. The second-order valence-electron chi connectivity index (χ2n) is 2.71. The quantitative estimate of drug-likeness (QED) is 0.695. The van der Waals surface area contributed by atoms with Gasteiger partial charge in [0.2, 0.25) is 0 Å². The maximum atomic E-state index is 12.0. The number of allylic oxidation sites excluding steroid dienone is 4. The Balaban J connectivity index is 4.64. The fourth-order valence-electron chi connectivity index (χ4n) is 0.913. The SMILES string of the molecule is C=C/C(=C\C(=C/C)NC)CC(F)(F)F. The summed E-state index contributed by atoms with van der Waals surface area (Å²) >= 11 is 0. The van der Waals surface area contributed by atoms with Gasteiger partial charge in [0.1, 0.15) is 0 Å². The number of hydrogen-bond donors (Lipinski definition) is 1. The molecule has 0 aliphatic rings. The third-order valence-electron chi connectivity index (χ3n) is 1.61. The van der Waals surface area contributed by atoms with Crippen LogP contribution in [0, 0.1) is 0 Å². The van der Waals surface area contributed by atoms with Crippen LogP contribution in [0.15, 0.2) is 36.1 Å². The van der Waals surface area contributed by atoms with E-state index in [9.17, 15) is 13.2 Å². The average molecular weight is 205 g/mol. The highest BCUT2D eigenvalue weighted by molar-refractivity contribution is 5.28. The van der Waals surface area contributed by atoms with Gasteiger partial charge in [-0.3, -0.25) is 0 Å². The molecule has 1 nitrogen and oxygen atoms in total. The first-order chi connectivity index (χ1) is 6.42. The molecule has 0 aliphatic heterocycles. The first-order valence-electron chi connectivity index (χ1n) is 4.16. The van der Waals surface area contributed by atoms with E-state index in [0.29, 0.717) is 5.70 Å². The number of nitrogens with one attached hydrogen (secondary N) is 1. The van der Waals surface area contributed by atoms with Crippen LogP contribution in [0.1, 0.15) is 13.3 Å². The second kappa shape index (κ2) is 5.52. The van der Waals surface area contributed by atoms with Gasteiger partial charge in [-0.15, -0.1) is 0 Å². The van der Waals surface area contributed by atoms with E-state index < -0.39 is 12.6 Å². The summed E-state index contributed by atoms with van der Waals surface area (Å²) in [5.74, 6) is 0. The number of likely N-dealkylation sites (N-methyl/N-ethyl adjacent to an activating group) is 1. The van der Waals surface area contributed by atoms with Crippen LogP contribution >= 0.6 is 0 Å². The molecule has 0 unspecified atom stereocenters. The molecule has 0 saturated heterocycles. The van der Waals surface area contributed by atoms with E-state index in [1.54, 1.807) is 20.0 Å². The van der Waals surface area contributed by atoms with Crippen molar-refractivity contribution in [2.24, 2.45) is 0 Å². The molecule has 0 saturated carbocycles. The molecule has 0 rings (SSSR count). The van der Waals surface area contributed by atoms with Crippen molar-refractivity contribution in [3.05, 3.63) is 36.1 Å².